The minimum atomic E-state index is -3.35. The maximum Gasteiger partial charge on any atom is 0.321 e. The van der Waals surface area contributed by atoms with Gasteiger partial charge in [-0.25, -0.2) is 13.2 Å². The quantitative estimate of drug-likeness (QED) is 0.707. The van der Waals surface area contributed by atoms with Crippen LogP contribution in [0.2, 0.25) is 0 Å². The van der Waals surface area contributed by atoms with Crippen molar-refractivity contribution < 1.29 is 17.9 Å². The molecule has 0 aliphatic carbocycles. The second-order valence-corrected chi connectivity index (χ2v) is 10.1. The molecule has 168 valence electrons. The SMILES string of the molecule is COc1cccc(NC(=O)N2CCCC(N(CCN3CCCCC3)S(C)(=O)=O)C2)c1. The highest BCUT2D eigenvalue weighted by molar-refractivity contribution is 7.88. The average molecular weight is 439 g/mol. The highest BCUT2D eigenvalue weighted by atomic mass is 32.2. The van der Waals surface area contributed by atoms with Crippen molar-refractivity contribution in [1.82, 2.24) is 14.1 Å². The molecular weight excluding hydrogens is 404 g/mol. The lowest BCUT2D eigenvalue weighted by molar-refractivity contribution is 0.146. The van der Waals surface area contributed by atoms with E-state index in [1.807, 2.05) is 18.2 Å². The van der Waals surface area contributed by atoms with Crippen molar-refractivity contribution in [2.24, 2.45) is 0 Å². The summed E-state index contributed by atoms with van der Waals surface area (Å²) < 4.78 is 31.8. The standard InChI is InChI=1S/C21H34N4O4S/c1-29-20-10-6-8-18(16-20)22-21(26)24-13-7-9-19(17-24)25(30(2,27)28)15-14-23-11-4-3-5-12-23/h6,8,10,16,19H,3-5,7,9,11-15,17H2,1-2H3,(H,22,26). The number of likely N-dealkylation sites (tertiary alicyclic amines) is 2. The van der Waals surface area contributed by atoms with Gasteiger partial charge in [0.25, 0.3) is 0 Å². The first kappa shape index (κ1) is 22.8. The molecule has 0 spiro atoms. The third-order valence-electron chi connectivity index (χ3n) is 5.92. The number of hydrogen-bond donors (Lipinski definition) is 1. The Labute approximate surface area is 180 Å². The molecule has 8 nitrogen and oxygen atoms in total. The molecule has 2 aliphatic rings. The molecule has 0 radical (unpaired) electrons. The largest absolute Gasteiger partial charge is 0.497 e. The van der Waals surface area contributed by atoms with Crippen LogP contribution in [-0.2, 0) is 10.0 Å². The summed E-state index contributed by atoms with van der Waals surface area (Å²) in [6, 6.07) is 6.81. The Morgan fingerprint density at radius 2 is 1.97 bits per heavy atom. The lowest BCUT2D eigenvalue weighted by Gasteiger charge is -2.39. The fourth-order valence-electron chi connectivity index (χ4n) is 4.32. The van der Waals surface area contributed by atoms with Crippen molar-refractivity contribution in [3.63, 3.8) is 0 Å². The van der Waals surface area contributed by atoms with Crippen molar-refractivity contribution in [1.29, 1.82) is 0 Å². The molecule has 1 aromatic rings. The molecule has 2 heterocycles. The van der Waals surface area contributed by atoms with E-state index >= 15 is 0 Å². The van der Waals surface area contributed by atoms with E-state index in [4.69, 9.17) is 4.74 Å². The van der Waals surface area contributed by atoms with Gasteiger partial charge in [0.1, 0.15) is 5.75 Å². The Balaban J connectivity index is 1.61. The zero-order valence-electron chi connectivity index (χ0n) is 18.0. The average Bonchev–Trinajstić information content (AvgIpc) is 2.74. The first-order valence-electron chi connectivity index (χ1n) is 10.8. The number of piperidine rings is 2. The molecule has 0 saturated carbocycles. The number of carbonyl (C=O) groups is 1. The molecule has 2 amide bonds. The molecule has 0 bridgehead atoms. The number of methoxy groups -OCH3 is 1. The predicted molar refractivity (Wildman–Crippen MR) is 118 cm³/mol. The van der Waals surface area contributed by atoms with E-state index in [1.54, 1.807) is 22.4 Å². The van der Waals surface area contributed by atoms with Crippen LogP contribution in [0.3, 0.4) is 0 Å². The zero-order valence-corrected chi connectivity index (χ0v) is 18.9. The Kier molecular flexibility index (Phi) is 7.96. The number of benzene rings is 1. The van der Waals surface area contributed by atoms with Crippen molar-refractivity contribution in [3.8, 4) is 5.75 Å². The number of amides is 2. The van der Waals surface area contributed by atoms with E-state index in [0.717, 1.165) is 32.5 Å². The van der Waals surface area contributed by atoms with Crippen LogP contribution in [0.25, 0.3) is 0 Å². The number of anilines is 1. The summed E-state index contributed by atoms with van der Waals surface area (Å²) in [7, 11) is -1.77. The summed E-state index contributed by atoms with van der Waals surface area (Å²) in [4.78, 5) is 16.8. The summed E-state index contributed by atoms with van der Waals surface area (Å²) in [6.45, 7) is 4.34. The van der Waals surface area contributed by atoms with Gasteiger partial charge in [-0.15, -0.1) is 0 Å². The summed E-state index contributed by atoms with van der Waals surface area (Å²) in [5.74, 6) is 0.672. The van der Waals surface area contributed by atoms with Crippen LogP contribution in [0.1, 0.15) is 32.1 Å². The molecular formula is C21H34N4O4S. The van der Waals surface area contributed by atoms with Crippen molar-refractivity contribution in [2.75, 3.05) is 58.0 Å². The lowest BCUT2D eigenvalue weighted by atomic mass is 10.1. The highest BCUT2D eigenvalue weighted by Gasteiger charge is 2.32. The monoisotopic (exact) mass is 438 g/mol. The first-order valence-corrected chi connectivity index (χ1v) is 12.6. The molecule has 9 heteroatoms. The summed E-state index contributed by atoms with van der Waals surface area (Å²) in [5, 5.41) is 2.90. The van der Waals surface area contributed by atoms with Gasteiger partial charge in [0.2, 0.25) is 10.0 Å². The summed E-state index contributed by atoms with van der Waals surface area (Å²) in [5.41, 5.74) is 0.659. The number of carbonyl (C=O) groups excluding carboxylic acids is 1. The van der Waals surface area contributed by atoms with Crippen LogP contribution in [0.15, 0.2) is 24.3 Å². The molecule has 3 rings (SSSR count). The Bertz CT molecular complexity index is 811. The number of nitrogens with one attached hydrogen (secondary N) is 1. The second-order valence-electron chi connectivity index (χ2n) is 8.18. The van der Waals surface area contributed by atoms with Crippen LogP contribution in [-0.4, -0.2) is 87.2 Å². The number of rotatable bonds is 7. The minimum Gasteiger partial charge on any atom is -0.497 e. The van der Waals surface area contributed by atoms with Gasteiger partial charge in [-0.2, -0.15) is 4.31 Å². The fraction of sp³-hybridized carbons (Fsp3) is 0.667. The molecule has 2 fully saturated rings. The number of ether oxygens (including phenoxy) is 1. The third-order valence-corrected chi connectivity index (χ3v) is 7.26. The van der Waals surface area contributed by atoms with Gasteiger partial charge in [0.05, 0.1) is 13.4 Å². The smallest absolute Gasteiger partial charge is 0.321 e. The molecule has 1 N–H and O–H groups in total. The topological polar surface area (TPSA) is 82.2 Å². The molecule has 1 unspecified atom stereocenters. The van der Waals surface area contributed by atoms with Crippen molar-refractivity contribution in [2.45, 2.75) is 38.1 Å². The van der Waals surface area contributed by atoms with E-state index in [1.165, 1.54) is 25.5 Å². The van der Waals surface area contributed by atoms with E-state index < -0.39 is 10.0 Å². The highest BCUT2D eigenvalue weighted by Crippen LogP contribution is 2.21. The van der Waals surface area contributed by atoms with Gasteiger partial charge in [-0.1, -0.05) is 12.5 Å². The maximum atomic E-state index is 12.8. The number of nitrogens with zero attached hydrogens (tertiary/aromatic N) is 3. The van der Waals surface area contributed by atoms with Gasteiger partial charge in [0, 0.05) is 44.0 Å². The van der Waals surface area contributed by atoms with Crippen molar-refractivity contribution >= 4 is 21.7 Å². The molecule has 1 atom stereocenters. The van der Waals surface area contributed by atoms with Gasteiger partial charge in [-0.05, 0) is 50.9 Å². The predicted octanol–water partition coefficient (Wildman–Crippen LogP) is 2.44. The fourth-order valence-corrected chi connectivity index (χ4v) is 5.45. The molecule has 2 saturated heterocycles. The zero-order chi connectivity index (χ0) is 21.6. The van der Waals surface area contributed by atoms with Crippen LogP contribution < -0.4 is 10.1 Å². The second kappa shape index (κ2) is 10.5. The van der Waals surface area contributed by atoms with Crippen LogP contribution in [0.4, 0.5) is 10.5 Å². The third kappa shape index (κ3) is 6.33. The van der Waals surface area contributed by atoms with Gasteiger partial charge in [-0.3, -0.25) is 0 Å². The molecule has 2 aliphatic heterocycles. The van der Waals surface area contributed by atoms with Crippen LogP contribution >= 0.6 is 0 Å². The van der Waals surface area contributed by atoms with Gasteiger partial charge < -0.3 is 19.9 Å². The van der Waals surface area contributed by atoms with E-state index in [2.05, 4.69) is 10.2 Å². The molecule has 1 aromatic carbocycles. The summed E-state index contributed by atoms with van der Waals surface area (Å²) >= 11 is 0. The normalized spacial score (nSPS) is 20.9. The Morgan fingerprint density at radius 3 is 2.67 bits per heavy atom. The maximum absolute atomic E-state index is 12.8. The number of hydrogen-bond acceptors (Lipinski definition) is 5. The van der Waals surface area contributed by atoms with Crippen LogP contribution in [0, 0.1) is 0 Å². The number of sulfonamides is 1. The van der Waals surface area contributed by atoms with Crippen LogP contribution in [0.5, 0.6) is 5.75 Å². The van der Waals surface area contributed by atoms with Gasteiger partial charge in [0.15, 0.2) is 0 Å². The summed E-state index contributed by atoms with van der Waals surface area (Å²) in [6.07, 6.45) is 6.45. The number of urea groups is 1. The van der Waals surface area contributed by atoms with E-state index in [9.17, 15) is 13.2 Å². The van der Waals surface area contributed by atoms with E-state index in [-0.39, 0.29) is 12.1 Å². The Hall–Kier alpha value is -1.84. The minimum absolute atomic E-state index is 0.186. The first-order chi connectivity index (χ1) is 14.4. The van der Waals surface area contributed by atoms with Gasteiger partial charge >= 0.3 is 6.03 Å². The molecule has 0 aromatic heterocycles. The molecule has 30 heavy (non-hydrogen) atoms. The lowest BCUT2D eigenvalue weighted by Crippen LogP contribution is -2.53. The van der Waals surface area contributed by atoms with Crippen molar-refractivity contribution in [3.05, 3.63) is 24.3 Å². The van der Waals surface area contributed by atoms with E-state index in [0.29, 0.717) is 31.1 Å². The Morgan fingerprint density at radius 1 is 1.20 bits per heavy atom.